The summed E-state index contributed by atoms with van der Waals surface area (Å²) in [7, 11) is 0. The van der Waals surface area contributed by atoms with Gasteiger partial charge < -0.3 is 9.73 Å². The Hall–Kier alpha value is -2.89. The highest BCUT2D eigenvalue weighted by atomic mass is 16.3. The maximum atomic E-state index is 12.0. The van der Waals surface area contributed by atoms with Crippen LogP contribution in [0.5, 0.6) is 0 Å². The van der Waals surface area contributed by atoms with E-state index < -0.39 is 0 Å². The number of furan rings is 1. The van der Waals surface area contributed by atoms with Crippen molar-refractivity contribution in [2.45, 2.75) is 12.8 Å². The Morgan fingerprint density at radius 3 is 2.90 bits per heavy atom. The van der Waals surface area contributed by atoms with Crippen molar-refractivity contribution in [3.8, 4) is 5.69 Å². The zero-order valence-corrected chi connectivity index (χ0v) is 11.3. The van der Waals surface area contributed by atoms with E-state index in [-0.39, 0.29) is 5.91 Å². The number of nitrogens with zero attached hydrogens (tertiary/aromatic N) is 3. The summed E-state index contributed by atoms with van der Waals surface area (Å²) in [6.07, 6.45) is 5.58. The predicted molar refractivity (Wildman–Crippen MR) is 77.0 cm³/mol. The van der Waals surface area contributed by atoms with Crippen LogP contribution >= 0.6 is 0 Å². The van der Waals surface area contributed by atoms with Crippen molar-refractivity contribution in [2.75, 3.05) is 5.32 Å². The molecule has 1 aromatic carbocycles. The van der Waals surface area contributed by atoms with Crippen molar-refractivity contribution >= 4 is 11.6 Å². The normalized spacial score (nSPS) is 10.5. The van der Waals surface area contributed by atoms with Crippen LogP contribution in [-0.2, 0) is 11.2 Å². The summed E-state index contributed by atoms with van der Waals surface area (Å²) in [5.74, 6) is 0.730. The summed E-state index contributed by atoms with van der Waals surface area (Å²) >= 11 is 0. The number of aromatic nitrogens is 3. The van der Waals surface area contributed by atoms with E-state index in [1.54, 1.807) is 17.3 Å². The van der Waals surface area contributed by atoms with Crippen molar-refractivity contribution < 1.29 is 9.21 Å². The molecule has 1 N–H and O–H groups in total. The van der Waals surface area contributed by atoms with Gasteiger partial charge in [-0.05, 0) is 24.3 Å². The van der Waals surface area contributed by atoms with Gasteiger partial charge in [0.05, 0.1) is 17.6 Å². The molecular formula is C15H14N4O2. The minimum atomic E-state index is -0.0704. The SMILES string of the molecule is O=C(CCc1ccco1)Nc1ccccc1-n1cncn1. The predicted octanol–water partition coefficient (Wildman–Crippen LogP) is 2.43. The average molecular weight is 282 g/mol. The number of hydrogen-bond donors (Lipinski definition) is 1. The Balaban J connectivity index is 1.69. The van der Waals surface area contributed by atoms with E-state index in [9.17, 15) is 4.79 Å². The minimum Gasteiger partial charge on any atom is -0.469 e. The van der Waals surface area contributed by atoms with Gasteiger partial charge in [-0.3, -0.25) is 4.79 Å². The molecule has 6 heteroatoms. The molecule has 0 spiro atoms. The van der Waals surface area contributed by atoms with E-state index in [1.807, 2.05) is 36.4 Å². The third-order valence-electron chi connectivity index (χ3n) is 3.02. The summed E-state index contributed by atoms with van der Waals surface area (Å²) in [6.45, 7) is 0. The van der Waals surface area contributed by atoms with E-state index in [0.717, 1.165) is 11.4 Å². The second kappa shape index (κ2) is 6.04. The zero-order chi connectivity index (χ0) is 14.5. The molecule has 3 rings (SSSR count). The number of benzene rings is 1. The summed E-state index contributed by atoms with van der Waals surface area (Å²) in [5.41, 5.74) is 1.48. The third kappa shape index (κ3) is 3.17. The van der Waals surface area contributed by atoms with Crippen LogP contribution in [-0.4, -0.2) is 20.7 Å². The van der Waals surface area contributed by atoms with E-state index in [0.29, 0.717) is 18.5 Å². The molecule has 0 bridgehead atoms. The quantitative estimate of drug-likeness (QED) is 0.780. The molecule has 0 saturated heterocycles. The highest BCUT2D eigenvalue weighted by molar-refractivity contribution is 5.92. The number of rotatable bonds is 5. The smallest absolute Gasteiger partial charge is 0.224 e. The Bertz CT molecular complexity index is 705. The van der Waals surface area contributed by atoms with Crippen LogP contribution < -0.4 is 5.32 Å². The number of nitrogens with one attached hydrogen (secondary N) is 1. The van der Waals surface area contributed by atoms with Gasteiger partial charge in [-0.25, -0.2) is 9.67 Å². The summed E-state index contributed by atoms with van der Waals surface area (Å²) in [5, 5.41) is 6.97. The summed E-state index contributed by atoms with van der Waals surface area (Å²) in [4.78, 5) is 15.9. The lowest BCUT2D eigenvalue weighted by Crippen LogP contribution is -2.14. The molecule has 0 fully saturated rings. The molecule has 106 valence electrons. The maximum Gasteiger partial charge on any atom is 0.224 e. The topological polar surface area (TPSA) is 73.0 Å². The van der Waals surface area contributed by atoms with Gasteiger partial charge in [0, 0.05) is 12.8 Å². The van der Waals surface area contributed by atoms with Gasteiger partial charge in [0.15, 0.2) is 0 Å². The second-order valence-electron chi connectivity index (χ2n) is 4.48. The van der Waals surface area contributed by atoms with E-state index in [4.69, 9.17) is 4.42 Å². The molecule has 0 aliphatic heterocycles. The van der Waals surface area contributed by atoms with E-state index in [2.05, 4.69) is 15.4 Å². The highest BCUT2D eigenvalue weighted by Gasteiger charge is 2.09. The number of anilines is 1. The Morgan fingerprint density at radius 1 is 1.24 bits per heavy atom. The molecule has 21 heavy (non-hydrogen) atoms. The molecule has 3 aromatic rings. The minimum absolute atomic E-state index is 0.0704. The number of carbonyl (C=O) groups is 1. The Morgan fingerprint density at radius 2 is 2.14 bits per heavy atom. The molecule has 0 unspecified atom stereocenters. The largest absolute Gasteiger partial charge is 0.469 e. The van der Waals surface area contributed by atoms with Crippen molar-refractivity contribution in [3.63, 3.8) is 0 Å². The average Bonchev–Trinajstić information content (AvgIpc) is 3.19. The summed E-state index contributed by atoms with van der Waals surface area (Å²) in [6, 6.07) is 11.1. The van der Waals surface area contributed by atoms with Crippen molar-refractivity contribution in [1.82, 2.24) is 14.8 Å². The fraction of sp³-hybridized carbons (Fsp3) is 0.133. The van der Waals surface area contributed by atoms with Gasteiger partial charge in [0.1, 0.15) is 18.4 Å². The van der Waals surface area contributed by atoms with Gasteiger partial charge in [0.25, 0.3) is 0 Å². The number of carbonyl (C=O) groups excluding carboxylic acids is 1. The molecule has 0 atom stereocenters. The lowest BCUT2D eigenvalue weighted by atomic mass is 10.2. The number of hydrogen-bond acceptors (Lipinski definition) is 4. The molecular weight excluding hydrogens is 268 g/mol. The van der Waals surface area contributed by atoms with Gasteiger partial charge in [-0.15, -0.1) is 0 Å². The van der Waals surface area contributed by atoms with Crippen LogP contribution in [0.25, 0.3) is 5.69 Å². The molecule has 0 aliphatic rings. The second-order valence-corrected chi connectivity index (χ2v) is 4.48. The van der Waals surface area contributed by atoms with Crippen LogP contribution in [0.15, 0.2) is 59.7 Å². The first-order valence-electron chi connectivity index (χ1n) is 6.59. The maximum absolute atomic E-state index is 12.0. The molecule has 0 aliphatic carbocycles. The zero-order valence-electron chi connectivity index (χ0n) is 11.3. The first-order chi connectivity index (χ1) is 10.3. The lowest BCUT2D eigenvalue weighted by molar-refractivity contribution is -0.116. The molecule has 1 amide bonds. The van der Waals surface area contributed by atoms with Gasteiger partial charge >= 0.3 is 0 Å². The van der Waals surface area contributed by atoms with Crippen molar-refractivity contribution in [1.29, 1.82) is 0 Å². The molecule has 2 heterocycles. The van der Waals surface area contributed by atoms with E-state index >= 15 is 0 Å². The van der Waals surface area contributed by atoms with Crippen LogP contribution in [0, 0.1) is 0 Å². The monoisotopic (exact) mass is 282 g/mol. The van der Waals surface area contributed by atoms with Gasteiger partial charge in [-0.1, -0.05) is 12.1 Å². The Labute approximate surface area is 121 Å². The van der Waals surface area contributed by atoms with Crippen LogP contribution in [0.3, 0.4) is 0 Å². The molecule has 0 saturated carbocycles. The van der Waals surface area contributed by atoms with Crippen molar-refractivity contribution in [3.05, 3.63) is 61.1 Å². The van der Waals surface area contributed by atoms with Crippen LogP contribution in [0.1, 0.15) is 12.2 Å². The molecule has 6 nitrogen and oxygen atoms in total. The lowest BCUT2D eigenvalue weighted by Gasteiger charge is -2.10. The third-order valence-corrected chi connectivity index (χ3v) is 3.02. The number of amides is 1. The van der Waals surface area contributed by atoms with Crippen LogP contribution in [0.4, 0.5) is 5.69 Å². The number of aryl methyl sites for hydroxylation is 1. The highest BCUT2D eigenvalue weighted by Crippen LogP contribution is 2.19. The first-order valence-corrected chi connectivity index (χ1v) is 6.59. The fourth-order valence-corrected chi connectivity index (χ4v) is 2.02. The standard InChI is InChI=1S/C15H14N4O2/c20-15(8-7-12-4-3-9-21-12)18-13-5-1-2-6-14(13)19-11-16-10-17-19/h1-6,9-11H,7-8H2,(H,18,20). The first kappa shape index (κ1) is 13.1. The van der Waals surface area contributed by atoms with E-state index in [1.165, 1.54) is 6.33 Å². The summed E-state index contributed by atoms with van der Waals surface area (Å²) < 4.78 is 6.83. The van der Waals surface area contributed by atoms with Crippen molar-refractivity contribution in [2.24, 2.45) is 0 Å². The number of para-hydroxylation sites is 2. The molecule has 0 radical (unpaired) electrons. The fourth-order valence-electron chi connectivity index (χ4n) is 2.02. The molecule has 2 aromatic heterocycles. The Kier molecular flexibility index (Phi) is 3.77. The van der Waals surface area contributed by atoms with Crippen LogP contribution in [0.2, 0.25) is 0 Å². The van der Waals surface area contributed by atoms with Gasteiger partial charge in [0.2, 0.25) is 5.91 Å². The van der Waals surface area contributed by atoms with Gasteiger partial charge in [-0.2, -0.15) is 5.10 Å².